The van der Waals surface area contributed by atoms with Gasteiger partial charge in [0, 0.05) is 6.42 Å². The SMILES string of the molecule is CCCCC(CC)COC(=O)CC. The molecule has 0 saturated heterocycles. The van der Waals surface area contributed by atoms with Crippen molar-refractivity contribution in [1.29, 1.82) is 0 Å². The zero-order valence-corrected chi connectivity index (χ0v) is 9.14. The molecule has 0 spiro atoms. The third-order valence-electron chi connectivity index (χ3n) is 2.31. The van der Waals surface area contributed by atoms with Gasteiger partial charge in [-0.1, -0.05) is 40.0 Å². The van der Waals surface area contributed by atoms with E-state index >= 15 is 0 Å². The van der Waals surface area contributed by atoms with Crippen molar-refractivity contribution in [3.63, 3.8) is 0 Å². The molecule has 0 bridgehead atoms. The van der Waals surface area contributed by atoms with Crippen molar-refractivity contribution in [2.45, 2.75) is 52.9 Å². The van der Waals surface area contributed by atoms with E-state index in [1.807, 2.05) is 6.92 Å². The molecule has 2 nitrogen and oxygen atoms in total. The van der Waals surface area contributed by atoms with E-state index in [4.69, 9.17) is 4.74 Å². The lowest BCUT2D eigenvalue weighted by molar-refractivity contribution is -0.144. The first-order chi connectivity index (χ1) is 6.24. The molecule has 2 heteroatoms. The van der Waals surface area contributed by atoms with Crippen LogP contribution < -0.4 is 0 Å². The van der Waals surface area contributed by atoms with Crippen LogP contribution >= 0.6 is 0 Å². The molecule has 0 fully saturated rings. The van der Waals surface area contributed by atoms with Crippen LogP contribution in [0.15, 0.2) is 0 Å². The Kier molecular flexibility index (Phi) is 7.76. The van der Waals surface area contributed by atoms with Gasteiger partial charge in [-0.15, -0.1) is 0 Å². The molecule has 0 aliphatic heterocycles. The fourth-order valence-corrected chi connectivity index (χ4v) is 1.21. The van der Waals surface area contributed by atoms with Crippen LogP contribution in [0.1, 0.15) is 52.9 Å². The van der Waals surface area contributed by atoms with Crippen molar-refractivity contribution in [3.8, 4) is 0 Å². The molecule has 0 aliphatic carbocycles. The first-order valence-electron chi connectivity index (χ1n) is 5.40. The highest BCUT2D eigenvalue weighted by molar-refractivity contribution is 5.68. The van der Waals surface area contributed by atoms with Gasteiger partial charge in [0.05, 0.1) is 6.61 Å². The van der Waals surface area contributed by atoms with Gasteiger partial charge in [0.2, 0.25) is 0 Å². The van der Waals surface area contributed by atoms with Gasteiger partial charge in [-0.25, -0.2) is 0 Å². The highest BCUT2D eigenvalue weighted by Gasteiger charge is 2.08. The molecule has 0 radical (unpaired) electrons. The summed E-state index contributed by atoms with van der Waals surface area (Å²) in [4.78, 5) is 10.9. The molecule has 0 aromatic rings. The third kappa shape index (κ3) is 6.62. The van der Waals surface area contributed by atoms with Crippen molar-refractivity contribution in [1.82, 2.24) is 0 Å². The van der Waals surface area contributed by atoms with E-state index in [2.05, 4.69) is 13.8 Å². The van der Waals surface area contributed by atoms with E-state index in [0.29, 0.717) is 18.9 Å². The minimum absolute atomic E-state index is 0.0741. The van der Waals surface area contributed by atoms with E-state index < -0.39 is 0 Å². The number of rotatable bonds is 7. The molecule has 0 amide bonds. The Morgan fingerprint density at radius 1 is 1.31 bits per heavy atom. The Balaban J connectivity index is 3.52. The molecule has 78 valence electrons. The number of ether oxygens (including phenoxy) is 1. The maximum absolute atomic E-state index is 10.9. The van der Waals surface area contributed by atoms with Crippen molar-refractivity contribution < 1.29 is 9.53 Å². The summed E-state index contributed by atoms with van der Waals surface area (Å²) in [5.74, 6) is 0.491. The fraction of sp³-hybridized carbons (Fsp3) is 0.909. The molecule has 1 atom stereocenters. The average Bonchev–Trinajstić information content (AvgIpc) is 2.17. The molecular formula is C11H22O2. The molecule has 0 N–H and O–H groups in total. The second-order valence-corrected chi connectivity index (χ2v) is 3.45. The van der Waals surface area contributed by atoms with Gasteiger partial charge in [0.15, 0.2) is 0 Å². The smallest absolute Gasteiger partial charge is 0.305 e. The predicted molar refractivity (Wildman–Crippen MR) is 54.6 cm³/mol. The van der Waals surface area contributed by atoms with Crippen molar-refractivity contribution in [3.05, 3.63) is 0 Å². The van der Waals surface area contributed by atoms with Crippen LogP contribution in [0.5, 0.6) is 0 Å². The van der Waals surface area contributed by atoms with Crippen LogP contribution in [0.2, 0.25) is 0 Å². The predicted octanol–water partition coefficient (Wildman–Crippen LogP) is 3.16. The summed E-state index contributed by atoms with van der Waals surface area (Å²) < 4.78 is 5.10. The molecule has 0 rings (SSSR count). The number of hydrogen-bond acceptors (Lipinski definition) is 2. The Hall–Kier alpha value is -0.530. The minimum Gasteiger partial charge on any atom is -0.465 e. The van der Waals surface area contributed by atoms with E-state index in [9.17, 15) is 4.79 Å². The molecule has 0 saturated carbocycles. The monoisotopic (exact) mass is 186 g/mol. The maximum atomic E-state index is 10.9. The summed E-state index contributed by atoms with van der Waals surface area (Å²) in [5.41, 5.74) is 0. The van der Waals surface area contributed by atoms with E-state index in [1.54, 1.807) is 0 Å². The van der Waals surface area contributed by atoms with Crippen molar-refractivity contribution in [2.24, 2.45) is 5.92 Å². The lowest BCUT2D eigenvalue weighted by atomic mass is 10.0. The molecule has 1 unspecified atom stereocenters. The van der Waals surface area contributed by atoms with E-state index in [-0.39, 0.29) is 5.97 Å². The lowest BCUT2D eigenvalue weighted by Crippen LogP contribution is -2.12. The number of carbonyl (C=O) groups excluding carboxylic acids is 1. The number of hydrogen-bond donors (Lipinski definition) is 0. The fourth-order valence-electron chi connectivity index (χ4n) is 1.21. The standard InChI is InChI=1S/C11H22O2/c1-4-7-8-10(5-2)9-13-11(12)6-3/h10H,4-9H2,1-3H3. The normalized spacial score (nSPS) is 12.5. The zero-order chi connectivity index (χ0) is 10.1. The molecule has 0 aromatic carbocycles. The topological polar surface area (TPSA) is 26.3 Å². The van der Waals surface area contributed by atoms with Gasteiger partial charge in [-0.05, 0) is 12.3 Å². The highest BCUT2D eigenvalue weighted by atomic mass is 16.5. The Bertz CT molecular complexity index is 132. The molecule has 13 heavy (non-hydrogen) atoms. The third-order valence-corrected chi connectivity index (χ3v) is 2.31. The van der Waals surface area contributed by atoms with Crippen LogP contribution in [0, 0.1) is 5.92 Å². The van der Waals surface area contributed by atoms with Gasteiger partial charge in [-0.3, -0.25) is 4.79 Å². The van der Waals surface area contributed by atoms with E-state index in [0.717, 1.165) is 6.42 Å². The van der Waals surface area contributed by atoms with Crippen molar-refractivity contribution >= 4 is 5.97 Å². The van der Waals surface area contributed by atoms with Gasteiger partial charge in [0.1, 0.15) is 0 Å². The summed E-state index contributed by atoms with van der Waals surface area (Å²) in [6.07, 6.45) is 5.24. The summed E-state index contributed by atoms with van der Waals surface area (Å²) in [6, 6.07) is 0. The summed E-state index contributed by atoms with van der Waals surface area (Å²) >= 11 is 0. The van der Waals surface area contributed by atoms with Crippen LogP contribution in [-0.4, -0.2) is 12.6 Å². The zero-order valence-electron chi connectivity index (χ0n) is 9.14. The van der Waals surface area contributed by atoms with Crippen molar-refractivity contribution in [2.75, 3.05) is 6.61 Å². The quantitative estimate of drug-likeness (QED) is 0.571. The second kappa shape index (κ2) is 8.09. The summed E-state index contributed by atoms with van der Waals surface area (Å²) in [6.45, 7) is 6.78. The Morgan fingerprint density at radius 3 is 2.46 bits per heavy atom. The average molecular weight is 186 g/mol. The Labute approximate surface area is 81.7 Å². The van der Waals surface area contributed by atoms with Gasteiger partial charge in [0.25, 0.3) is 0 Å². The minimum atomic E-state index is -0.0741. The Morgan fingerprint density at radius 2 is 2.00 bits per heavy atom. The number of carbonyl (C=O) groups is 1. The lowest BCUT2D eigenvalue weighted by Gasteiger charge is -2.13. The molecule has 0 heterocycles. The van der Waals surface area contributed by atoms with Crippen LogP contribution in [-0.2, 0) is 9.53 Å². The number of esters is 1. The molecule has 0 aliphatic rings. The van der Waals surface area contributed by atoms with Gasteiger partial charge < -0.3 is 4.74 Å². The first-order valence-corrected chi connectivity index (χ1v) is 5.40. The largest absolute Gasteiger partial charge is 0.465 e. The number of unbranched alkanes of at least 4 members (excludes halogenated alkanes) is 1. The summed E-state index contributed by atoms with van der Waals surface area (Å²) in [7, 11) is 0. The second-order valence-electron chi connectivity index (χ2n) is 3.45. The maximum Gasteiger partial charge on any atom is 0.305 e. The van der Waals surface area contributed by atoms with Crippen LogP contribution in [0.3, 0.4) is 0 Å². The molecule has 0 aromatic heterocycles. The first kappa shape index (κ1) is 12.5. The van der Waals surface area contributed by atoms with Gasteiger partial charge >= 0.3 is 5.97 Å². The van der Waals surface area contributed by atoms with Gasteiger partial charge in [-0.2, -0.15) is 0 Å². The summed E-state index contributed by atoms with van der Waals surface area (Å²) in [5, 5.41) is 0. The molecular weight excluding hydrogens is 164 g/mol. The highest BCUT2D eigenvalue weighted by Crippen LogP contribution is 2.12. The van der Waals surface area contributed by atoms with E-state index in [1.165, 1.54) is 19.3 Å². The van der Waals surface area contributed by atoms with Crippen LogP contribution in [0.4, 0.5) is 0 Å². The van der Waals surface area contributed by atoms with Crippen LogP contribution in [0.25, 0.3) is 0 Å².